The van der Waals surface area contributed by atoms with Crippen molar-refractivity contribution in [1.29, 1.82) is 0 Å². The molecule has 3 atom stereocenters. The van der Waals surface area contributed by atoms with Crippen LogP contribution in [0.4, 0.5) is 0 Å². The van der Waals surface area contributed by atoms with Gasteiger partial charge in [-0.25, -0.2) is 8.42 Å². The standard InChI is InChI=1S/C26H33N3O4S/c1-19-15-29(20(2)18-30)34(31,32)26-9-8-22(7-6-21-4-5-21)14-24(26)33-25(19)17-28(3)16-23-10-12-27-13-11-23/h8-14,19-21,25,30H,4-5,15-18H2,1-3H3/t19-,20-,25-/m0/s1. The fraction of sp³-hybridized carbons (Fsp3) is 0.500. The second-order valence-corrected chi connectivity index (χ2v) is 11.4. The van der Waals surface area contributed by atoms with Gasteiger partial charge in [0.1, 0.15) is 16.7 Å². The summed E-state index contributed by atoms with van der Waals surface area (Å²) in [7, 11) is -1.82. The van der Waals surface area contributed by atoms with Gasteiger partial charge >= 0.3 is 0 Å². The van der Waals surface area contributed by atoms with Gasteiger partial charge in [0.25, 0.3) is 0 Å². The highest BCUT2D eigenvalue weighted by Crippen LogP contribution is 2.34. The van der Waals surface area contributed by atoms with Crippen molar-refractivity contribution >= 4 is 10.0 Å². The highest BCUT2D eigenvalue weighted by atomic mass is 32.2. The van der Waals surface area contributed by atoms with Gasteiger partial charge in [-0.1, -0.05) is 18.8 Å². The van der Waals surface area contributed by atoms with E-state index in [1.54, 1.807) is 37.5 Å². The number of nitrogens with zero attached hydrogens (tertiary/aromatic N) is 3. The molecule has 0 spiro atoms. The van der Waals surface area contributed by atoms with Gasteiger partial charge in [0.2, 0.25) is 10.0 Å². The second kappa shape index (κ2) is 10.4. The van der Waals surface area contributed by atoms with Crippen LogP contribution in [0.1, 0.15) is 37.8 Å². The molecule has 0 unspecified atom stereocenters. The molecule has 2 aromatic rings. The lowest BCUT2D eigenvalue weighted by Crippen LogP contribution is -2.49. The van der Waals surface area contributed by atoms with Crippen molar-refractivity contribution in [3.8, 4) is 17.6 Å². The second-order valence-electron chi connectivity index (χ2n) is 9.50. The highest BCUT2D eigenvalue weighted by Gasteiger charge is 2.38. The molecule has 34 heavy (non-hydrogen) atoms. The summed E-state index contributed by atoms with van der Waals surface area (Å²) < 4.78 is 35.0. The van der Waals surface area contributed by atoms with E-state index in [4.69, 9.17) is 4.74 Å². The first-order valence-electron chi connectivity index (χ1n) is 11.8. The zero-order valence-electron chi connectivity index (χ0n) is 20.0. The number of aliphatic hydroxyl groups is 1. The number of rotatable bonds is 6. The lowest BCUT2D eigenvalue weighted by molar-refractivity contribution is 0.0733. The van der Waals surface area contributed by atoms with Crippen molar-refractivity contribution < 1.29 is 18.3 Å². The zero-order chi connectivity index (χ0) is 24.3. The molecular formula is C26H33N3O4S. The SMILES string of the molecule is C[C@H]1CN([C@@H](C)CO)S(=O)(=O)c2ccc(C#CC3CC3)cc2O[C@H]1CN(C)Cc1ccncc1. The van der Waals surface area contributed by atoms with Gasteiger partial charge in [-0.05, 0) is 62.7 Å². The smallest absolute Gasteiger partial charge is 0.247 e. The van der Waals surface area contributed by atoms with Crippen molar-refractivity contribution in [2.75, 3.05) is 26.7 Å². The predicted octanol–water partition coefficient (Wildman–Crippen LogP) is 2.74. The Morgan fingerprint density at radius 3 is 2.68 bits per heavy atom. The number of hydrogen-bond donors (Lipinski definition) is 1. The van der Waals surface area contributed by atoms with E-state index in [2.05, 4.69) is 21.7 Å². The molecule has 1 aliphatic heterocycles. The summed E-state index contributed by atoms with van der Waals surface area (Å²) in [6.07, 6.45) is 5.55. The molecule has 1 aromatic carbocycles. The summed E-state index contributed by atoms with van der Waals surface area (Å²) in [5.74, 6) is 7.08. The predicted molar refractivity (Wildman–Crippen MR) is 131 cm³/mol. The fourth-order valence-corrected chi connectivity index (χ4v) is 5.93. The minimum absolute atomic E-state index is 0.0991. The van der Waals surface area contributed by atoms with Crippen molar-refractivity contribution in [2.24, 2.45) is 11.8 Å². The van der Waals surface area contributed by atoms with Crippen LogP contribution in [-0.2, 0) is 16.6 Å². The van der Waals surface area contributed by atoms with Crippen LogP contribution >= 0.6 is 0 Å². The first-order valence-corrected chi connectivity index (χ1v) is 13.2. The number of benzene rings is 1. The molecule has 1 aliphatic carbocycles. The number of ether oxygens (including phenoxy) is 1. The molecule has 0 amide bonds. The number of sulfonamides is 1. The molecule has 1 N–H and O–H groups in total. The van der Waals surface area contributed by atoms with Crippen LogP contribution in [0, 0.1) is 23.7 Å². The Morgan fingerprint density at radius 2 is 2.00 bits per heavy atom. The third-order valence-electron chi connectivity index (χ3n) is 6.36. The van der Waals surface area contributed by atoms with Crippen LogP contribution in [-0.4, -0.2) is 66.6 Å². The van der Waals surface area contributed by atoms with E-state index in [0.29, 0.717) is 18.2 Å². The summed E-state index contributed by atoms with van der Waals surface area (Å²) in [5, 5.41) is 9.79. The molecule has 1 aromatic heterocycles. The van der Waals surface area contributed by atoms with E-state index >= 15 is 0 Å². The van der Waals surface area contributed by atoms with E-state index < -0.39 is 16.1 Å². The highest BCUT2D eigenvalue weighted by molar-refractivity contribution is 7.89. The van der Waals surface area contributed by atoms with Crippen molar-refractivity contribution in [3.63, 3.8) is 0 Å². The molecule has 1 fully saturated rings. The van der Waals surface area contributed by atoms with Crippen molar-refractivity contribution in [1.82, 2.24) is 14.2 Å². The Balaban J connectivity index is 1.66. The molecule has 1 saturated carbocycles. The normalized spacial score (nSPS) is 23.1. The molecule has 0 saturated heterocycles. The minimum atomic E-state index is -3.84. The number of aliphatic hydroxyl groups excluding tert-OH is 1. The molecule has 0 bridgehead atoms. The van der Waals surface area contributed by atoms with E-state index in [1.165, 1.54) is 4.31 Å². The summed E-state index contributed by atoms with van der Waals surface area (Å²) in [6, 6.07) is 8.51. The van der Waals surface area contributed by atoms with Crippen LogP contribution in [0.25, 0.3) is 0 Å². The number of aromatic nitrogens is 1. The van der Waals surface area contributed by atoms with Crippen LogP contribution in [0.5, 0.6) is 5.75 Å². The van der Waals surface area contributed by atoms with Gasteiger partial charge in [-0.3, -0.25) is 9.88 Å². The average Bonchev–Trinajstić information content (AvgIpc) is 3.64. The lowest BCUT2D eigenvalue weighted by Gasteiger charge is -2.37. The Hall–Kier alpha value is -2.44. The quantitative estimate of drug-likeness (QED) is 0.637. The third kappa shape index (κ3) is 5.78. The van der Waals surface area contributed by atoms with E-state index in [0.717, 1.165) is 30.5 Å². The maximum atomic E-state index is 13.6. The van der Waals surface area contributed by atoms with Crippen molar-refractivity contribution in [3.05, 3.63) is 53.9 Å². The lowest BCUT2D eigenvalue weighted by atomic mass is 10.0. The topological polar surface area (TPSA) is 83.0 Å². The summed E-state index contributed by atoms with van der Waals surface area (Å²) in [6.45, 7) is 5.08. The van der Waals surface area contributed by atoms with E-state index in [1.807, 2.05) is 26.1 Å². The van der Waals surface area contributed by atoms with Crippen molar-refractivity contribution in [2.45, 2.75) is 50.3 Å². The Bertz CT molecular complexity index is 1160. The molecule has 4 rings (SSSR count). The number of fused-ring (bicyclic) bond motifs is 1. The van der Waals surface area contributed by atoms with E-state index in [9.17, 15) is 13.5 Å². The van der Waals surface area contributed by atoms with Gasteiger partial charge in [0, 0.05) is 55.5 Å². The third-order valence-corrected chi connectivity index (χ3v) is 8.38. The van der Waals surface area contributed by atoms with Gasteiger partial charge in [0.15, 0.2) is 0 Å². The maximum Gasteiger partial charge on any atom is 0.247 e. The maximum absolute atomic E-state index is 13.6. The molecule has 182 valence electrons. The average molecular weight is 484 g/mol. The van der Waals surface area contributed by atoms with Gasteiger partial charge < -0.3 is 9.84 Å². The molecule has 2 aliphatic rings. The Morgan fingerprint density at radius 1 is 1.26 bits per heavy atom. The largest absolute Gasteiger partial charge is 0.487 e. The van der Waals surface area contributed by atoms with Gasteiger partial charge in [-0.15, -0.1) is 0 Å². The minimum Gasteiger partial charge on any atom is -0.487 e. The monoisotopic (exact) mass is 483 g/mol. The van der Waals surface area contributed by atoms with Crippen LogP contribution < -0.4 is 4.74 Å². The number of pyridine rings is 1. The molecule has 7 nitrogen and oxygen atoms in total. The van der Waals surface area contributed by atoms with Crippen LogP contribution in [0.2, 0.25) is 0 Å². The molecular weight excluding hydrogens is 450 g/mol. The van der Waals surface area contributed by atoms with Gasteiger partial charge in [-0.2, -0.15) is 4.31 Å². The molecule has 8 heteroatoms. The summed E-state index contributed by atoms with van der Waals surface area (Å²) in [5.41, 5.74) is 1.90. The van der Waals surface area contributed by atoms with Gasteiger partial charge in [0.05, 0.1) is 6.61 Å². The Labute approximate surface area is 202 Å². The first kappa shape index (κ1) is 24.7. The first-order chi connectivity index (χ1) is 16.3. The fourth-order valence-electron chi connectivity index (χ4n) is 4.11. The van der Waals surface area contributed by atoms with Crippen LogP contribution in [0.3, 0.4) is 0 Å². The molecule has 2 heterocycles. The number of hydrogen-bond acceptors (Lipinski definition) is 6. The van der Waals surface area contributed by atoms with Crippen LogP contribution in [0.15, 0.2) is 47.6 Å². The Kier molecular flexibility index (Phi) is 7.58. The zero-order valence-corrected chi connectivity index (χ0v) is 20.8. The number of likely N-dealkylation sites (N-methyl/N-ethyl adjacent to an activating group) is 1. The van der Waals surface area contributed by atoms with E-state index in [-0.39, 0.29) is 30.1 Å². The molecule has 0 radical (unpaired) electrons. The summed E-state index contributed by atoms with van der Waals surface area (Å²) in [4.78, 5) is 6.37. The summed E-state index contributed by atoms with van der Waals surface area (Å²) >= 11 is 0.